The summed E-state index contributed by atoms with van der Waals surface area (Å²) in [5, 5.41) is 0. The second-order valence-electron chi connectivity index (χ2n) is 7.46. The normalized spacial score (nSPS) is 16.5. The quantitative estimate of drug-likeness (QED) is 0.374. The van der Waals surface area contributed by atoms with Gasteiger partial charge in [-0.2, -0.15) is 0 Å². The highest BCUT2D eigenvalue weighted by molar-refractivity contribution is 6.21. The fourth-order valence-corrected chi connectivity index (χ4v) is 2.93. The summed E-state index contributed by atoms with van der Waals surface area (Å²) >= 11 is 0. The molecule has 0 saturated heterocycles. The van der Waals surface area contributed by atoms with E-state index in [0.29, 0.717) is 12.3 Å². The van der Waals surface area contributed by atoms with Gasteiger partial charge in [0.15, 0.2) is 5.78 Å². The molecule has 1 heteroatoms. The zero-order valence-electron chi connectivity index (χ0n) is 16.4. The van der Waals surface area contributed by atoms with Gasteiger partial charge in [-0.1, -0.05) is 62.8 Å². The van der Waals surface area contributed by atoms with Crippen molar-refractivity contribution < 1.29 is 4.79 Å². The Bertz CT molecular complexity index is 679. The van der Waals surface area contributed by atoms with Gasteiger partial charge in [-0.25, -0.2) is 0 Å². The molecule has 134 valence electrons. The molecular weight excluding hydrogens is 304 g/mol. The molecule has 1 saturated carbocycles. The number of carbonyl (C=O) groups is 1. The zero-order chi connectivity index (χ0) is 18.4. The molecule has 1 aromatic rings. The standard InChI is InChI=1S/C24H32O/c1-6-8-24(25)23(16-22(17(3)4)15-18(5)7-2)21-13-11-20(12-14-21)19-9-10-19/h7,11-17,19H,6,8-10H2,1-5H3/b18-7-,22-15-,23-16-. The van der Waals surface area contributed by atoms with Crippen LogP contribution in [-0.2, 0) is 4.79 Å². The third-order valence-electron chi connectivity index (χ3n) is 4.88. The van der Waals surface area contributed by atoms with E-state index in [4.69, 9.17) is 0 Å². The molecule has 1 nitrogen and oxygen atoms in total. The van der Waals surface area contributed by atoms with Gasteiger partial charge >= 0.3 is 0 Å². The van der Waals surface area contributed by atoms with Gasteiger partial charge < -0.3 is 0 Å². The predicted molar refractivity (Wildman–Crippen MR) is 109 cm³/mol. The van der Waals surface area contributed by atoms with Crippen LogP contribution >= 0.6 is 0 Å². The van der Waals surface area contributed by atoms with E-state index in [1.807, 2.05) is 6.92 Å². The summed E-state index contributed by atoms with van der Waals surface area (Å²) in [6.07, 6.45) is 10.5. The zero-order valence-corrected chi connectivity index (χ0v) is 16.4. The van der Waals surface area contributed by atoms with Gasteiger partial charge in [-0.15, -0.1) is 0 Å². The van der Waals surface area contributed by atoms with Gasteiger partial charge in [0.05, 0.1) is 0 Å². The summed E-state index contributed by atoms with van der Waals surface area (Å²) in [6.45, 7) is 10.6. The van der Waals surface area contributed by atoms with E-state index in [1.165, 1.54) is 29.6 Å². The number of carbonyl (C=O) groups excluding carboxylic acids is 1. The molecule has 0 aliphatic heterocycles. The summed E-state index contributed by atoms with van der Waals surface area (Å²) < 4.78 is 0. The second kappa shape index (κ2) is 8.99. The van der Waals surface area contributed by atoms with E-state index in [-0.39, 0.29) is 5.78 Å². The third-order valence-corrected chi connectivity index (χ3v) is 4.88. The number of Topliss-reactive ketones (excluding diaryl/α,β-unsaturated/α-hetero) is 1. The summed E-state index contributed by atoms with van der Waals surface area (Å²) in [7, 11) is 0. The van der Waals surface area contributed by atoms with Crippen LogP contribution in [0.5, 0.6) is 0 Å². The Hall–Kier alpha value is -1.89. The maximum absolute atomic E-state index is 12.8. The Kier molecular flexibility index (Phi) is 6.99. The Balaban J connectivity index is 2.42. The van der Waals surface area contributed by atoms with Gasteiger partial charge in [0, 0.05) is 12.0 Å². The van der Waals surface area contributed by atoms with Crippen molar-refractivity contribution in [2.24, 2.45) is 5.92 Å². The van der Waals surface area contributed by atoms with Crippen LogP contribution in [0.2, 0.25) is 0 Å². The van der Waals surface area contributed by atoms with Crippen LogP contribution < -0.4 is 0 Å². The third kappa shape index (κ3) is 5.56. The molecule has 1 aromatic carbocycles. The number of allylic oxidation sites excluding steroid dienone is 6. The maximum atomic E-state index is 12.8. The highest BCUT2D eigenvalue weighted by Crippen LogP contribution is 2.40. The summed E-state index contributed by atoms with van der Waals surface area (Å²) in [4.78, 5) is 12.8. The Labute approximate surface area is 153 Å². The van der Waals surface area contributed by atoms with E-state index in [2.05, 4.69) is 70.2 Å². The van der Waals surface area contributed by atoms with Gasteiger partial charge in [-0.05, 0) is 67.7 Å². The molecule has 0 unspecified atom stereocenters. The van der Waals surface area contributed by atoms with Crippen LogP contribution in [0.4, 0.5) is 0 Å². The molecule has 0 N–H and O–H groups in total. The Morgan fingerprint density at radius 2 is 1.80 bits per heavy atom. The lowest BCUT2D eigenvalue weighted by atomic mass is 9.91. The lowest BCUT2D eigenvalue weighted by Crippen LogP contribution is -2.04. The molecule has 2 rings (SSSR count). The predicted octanol–water partition coefficient (Wildman–Crippen LogP) is 6.87. The first kappa shape index (κ1) is 19.4. The molecule has 1 aliphatic rings. The minimum Gasteiger partial charge on any atom is -0.294 e. The number of hydrogen-bond donors (Lipinski definition) is 0. The minimum absolute atomic E-state index is 0.242. The van der Waals surface area contributed by atoms with Crippen molar-refractivity contribution in [1.29, 1.82) is 0 Å². The largest absolute Gasteiger partial charge is 0.294 e. The highest BCUT2D eigenvalue weighted by atomic mass is 16.1. The van der Waals surface area contributed by atoms with Crippen LogP contribution in [0.15, 0.2) is 53.6 Å². The summed E-state index contributed by atoms with van der Waals surface area (Å²) in [5.74, 6) is 1.37. The molecule has 0 amide bonds. The molecule has 0 bridgehead atoms. The monoisotopic (exact) mass is 336 g/mol. The van der Waals surface area contributed by atoms with Crippen molar-refractivity contribution in [3.8, 4) is 0 Å². The van der Waals surface area contributed by atoms with Crippen molar-refractivity contribution in [3.05, 3.63) is 64.8 Å². The van der Waals surface area contributed by atoms with Crippen LogP contribution in [0.3, 0.4) is 0 Å². The Morgan fingerprint density at radius 3 is 2.28 bits per heavy atom. The number of benzene rings is 1. The van der Waals surface area contributed by atoms with Crippen LogP contribution in [0.1, 0.15) is 77.3 Å². The minimum atomic E-state index is 0.242. The Morgan fingerprint density at radius 1 is 1.16 bits per heavy atom. The van der Waals surface area contributed by atoms with Crippen molar-refractivity contribution in [2.45, 2.75) is 66.2 Å². The molecule has 0 atom stereocenters. The number of rotatable bonds is 8. The molecule has 1 fully saturated rings. The lowest BCUT2D eigenvalue weighted by molar-refractivity contribution is -0.113. The van der Waals surface area contributed by atoms with Gasteiger partial charge in [0.1, 0.15) is 0 Å². The second-order valence-corrected chi connectivity index (χ2v) is 7.46. The first-order valence-electron chi connectivity index (χ1n) is 9.66. The fourth-order valence-electron chi connectivity index (χ4n) is 2.93. The summed E-state index contributed by atoms with van der Waals surface area (Å²) in [6, 6.07) is 8.67. The van der Waals surface area contributed by atoms with Crippen molar-refractivity contribution in [3.63, 3.8) is 0 Å². The van der Waals surface area contributed by atoms with Crippen molar-refractivity contribution in [2.75, 3.05) is 0 Å². The van der Waals surface area contributed by atoms with Crippen LogP contribution in [0, 0.1) is 5.92 Å². The van der Waals surface area contributed by atoms with E-state index in [9.17, 15) is 4.79 Å². The van der Waals surface area contributed by atoms with E-state index >= 15 is 0 Å². The fraction of sp³-hybridized carbons (Fsp3) is 0.458. The first-order chi connectivity index (χ1) is 12.0. The highest BCUT2D eigenvalue weighted by Gasteiger charge is 2.23. The lowest BCUT2D eigenvalue weighted by Gasteiger charge is -2.13. The van der Waals surface area contributed by atoms with Crippen molar-refractivity contribution in [1.82, 2.24) is 0 Å². The summed E-state index contributed by atoms with van der Waals surface area (Å²) in [5.41, 5.74) is 5.75. The topological polar surface area (TPSA) is 17.1 Å². The smallest absolute Gasteiger partial charge is 0.163 e. The number of hydrogen-bond acceptors (Lipinski definition) is 1. The van der Waals surface area contributed by atoms with Crippen LogP contribution in [-0.4, -0.2) is 5.78 Å². The van der Waals surface area contributed by atoms with Gasteiger partial charge in [0.2, 0.25) is 0 Å². The maximum Gasteiger partial charge on any atom is 0.163 e. The average Bonchev–Trinajstić information content (AvgIpc) is 3.43. The van der Waals surface area contributed by atoms with E-state index in [1.54, 1.807) is 0 Å². The average molecular weight is 337 g/mol. The van der Waals surface area contributed by atoms with Crippen LogP contribution in [0.25, 0.3) is 5.57 Å². The molecule has 0 radical (unpaired) electrons. The SMILES string of the molecule is C\C=C(C)/C=C(/C=C(\C(=O)CCC)c1ccc(C2CC2)cc1)C(C)C. The molecule has 0 heterocycles. The van der Waals surface area contributed by atoms with E-state index in [0.717, 1.165) is 23.5 Å². The molecular formula is C24H32O. The molecule has 0 spiro atoms. The van der Waals surface area contributed by atoms with Gasteiger partial charge in [-0.3, -0.25) is 4.79 Å². The van der Waals surface area contributed by atoms with Gasteiger partial charge in [0.25, 0.3) is 0 Å². The molecule has 1 aliphatic carbocycles. The molecule has 0 aromatic heterocycles. The number of ketones is 1. The first-order valence-corrected chi connectivity index (χ1v) is 9.66. The van der Waals surface area contributed by atoms with E-state index < -0.39 is 0 Å². The van der Waals surface area contributed by atoms with Crippen molar-refractivity contribution >= 4 is 11.4 Å². The molecule has 25 heavy (non-hydrogen) atoms.